The Balaban J connectivity index is 1.70. The summed E-state index contributed by atoms with van der Waals surface area (Å²) in [6.07, 6.45) is -4.85. The first kappa shape index (κ1) is 20.1. The van der Waals surface area contributed by atoms with Crippen LogP contribution in [0.4, 0.5) is 23.2 Å². The molecule has 0 saturated carbocycles. The van der Waals surface area contributed by atoms with Crippen LogP contribution in [-0.4, -0.2) is 17.3 Å². The fourth-order valence-corrected chi connectivity index (χ4v) is 2.45. The molecular formula is C20H14F4N2O3. The number of carbonyl (C=O) groups is 1. The minimum Gasteiger partial charge on any atom is -0.453 e. The second kappa shape index (κ2) is 8.17. The summed E-state index contributed by atoms with van der Waals surface area (Å²) in [5.41, 5.74) is 0.861. The maximum Gasteiger partial charge on any atom is 0.573 e. The quantitative estimate of drug-likeness (QED) is 0.451. The number of alkyl halides is 3. The summed E-state index contributed by atoms with van der Waals surface area (Å²) in [6.45, 7) is 1.51. The number of anilines is 1. The molecule has 150 valence electrons. The predicted molar refractivity (Wildman–Crippen MR) is 96.5 cm³/mol. The fraction of sp³-hybridized carbons (Fsp3) is 0.100. The van der Waals surface area contributed by atoms with Gasteiger partial charge in [0.25, 0.3) is 5.91 Å². The second-order valence-electron chi connectivity index (χ2n) is 5.84. The molecule has 1 amide bonds. The van der Waals surface area contributed by atoms with Crippen molar-refractivity contribution in [3.8, 4) is 17.2 Å². The van der Waals surface area contributed by atoms with Crippen molar-refractivity contribution in [2.75, 3.05) is 5.32 Å². The molecule has 1 N–H and O–H groups in total. The van der Waals surface area contributed by atoms with Gasteiger partial charge in [-0.25, -0.2) is 4.98 Å². The van der Waals surface area contributed by atoms with Crippen LogP contribution in [0.3, 0.4) is 0 Å². The molecule has 0 bridgehead atoms. The SMILES string of the molecule is Cc1nc(F)ccc1C(=O)Nc1ccc(Oc2ccccc2OC(F)(F)F)cc1. The van der Waals surface area contributed by atoms with Crippen molar-refractivity contribution < 1.29 is 31.8 Å². The molecule has 29 heavy (non-hydrogen) atoms. The zero-order valence-electron chi connectivity index (χ0n) is 15.0. The number of pyridine rings is 1. The van der Waals surface area contributed by atoms with E-state index in [0.717, 1.165) is 12.1 Å². The van der Waals surface area contributed by atoms with E-state index in [1.54, 1.807) is 0 Å². The summed E-state index contributed by atoms with van der Waals surface area (Å²) < 4.78 is 59.9. The molecule has 0 fully saturated rings. The topological polar surface area (TPSA) is 60.5 Å². The number of nitrogens with one attached hydrogen (secondary N) is 1. The standard InChI is InChI=1S/C20H14F4N2O3/c1-12-15(10-11-18(21)25-12)19(27)26-13-6-8-14(9-7-13)28-16-4-2-3-5-17(16)29-20(22,23)24/h2-11H,1H3,(H,26,27). The molecule has 3 aromatic rings. The number of para-hydroxylation sites is 2. The zero-order valence-corrected chi connectivity index (χ0v) is 15.0. The van der Waals surface area contributed by atoms with Gasteiger partial charge in [-0.2, -0.15) is 4.39 Å². The Bertz CT molecular complexity index is 1020. The van der Waals surface area contributed by atoms with Crippen molar-refractivity contribution in [3.63, 3.8) is 0 Å². The van der Waals surface area contributed by atoms with Crippen molar-refractivity contribution in [2.45, 2.75) is 13.3 Å². The van der Waals surface area contributed by atoms with E-state index in [0.29, 0.717) is 5.69 Å². The van der Waals surface area contributed by atoms with Crippen molar-refractivity contribution >= 4 is 11.6 Å². The van der Waals surface area contributed by atoms with Crippen LogP contribution >= 0.6 is 0 Å². The van der Waals surface area contributed by atoms with Gasteiger partial charge < -0.3 is 14.8 Å². The number of rotatable bonds is 5. The Hall–Kier alpha value is -3.62. The van der Waals surface area contributed by atoms with E-state index in [2.05, 4.69) is 15.0 Å². The van der Waals surface area contributed by atoms with Gasteiger partial charge >= 0.3 is 6.36 Å². The molecule has 1 heterocycles. The zero-order chi connectivity index (χ0) is 21.0. The van der Waals surface area contributed by atoms with Crippen LogP contribution in [0.25, 0.3) is 0 Å². The third-order valence-electron chi connectivity index (χ3n) is 3.71. The first-order valence-corrected chi connectivity index (χ1v) is 8.28. The number of carbonyl (C=O) groups excluding carboxylic acids is 1. The molecule has 1 aromatic heterocycles. The van der Waals surface area contributed by atoms with E-state index >= 15 is 0 Å². The highest BCUT2D eigenvalue weighted by Gasteiger charge is 2.32. The van der Waals surface area contributed by atoms with Crippen molar-refractivity contribution in [1.82, 2.24) is 4.98 Å². The third kappa shape index (κ3) is 5.44. The molecule has 0 atom stereocenters. The molecule has 9 heteroatoms. The minimum atomic E-state index is -4.85. The lowest BCUT2D eigenvalue weighted by Crippen LogP contribution is -2.17. The van der Waals surface area contributed by atoms with Gasteiger partial charge in [0.05, 0.1) is 11.3 Å². The molecule has 0 radical (unpaired) electrons. The molecule has 0 unspecified atom stereocenters. The van der Waals surface area contributed by atoms with E-state index in [4.69, 9.17) is 4.74 Å². The number of nitrogens with zero attached hydrogens (tertiary/aromatic N) is 1. The first-order chi connectivity index (χ1) is 13.7. The Labute approximate surface area is 162 Å². The summed E-state index contributed by atoms with van der Waals surface area (Å²) >= 11 is 0. The lowest BCUT2D eigenvalue weighted by molar-refractivity contribution is -0.275. The summed E-state index contributed by atoms with van der Waals surface area (Å²) in [5, 5.41) is 2.62. The van der Waals surface area contributed by atoms with Crippen LogP contribution in [0.2, 0.25) is 0 Å². The highest BCUT2D eigenvalue weighted by atomic mass is 19.4. The van der Waals surface area contributed by atoms with E-state index in [9.17, 15) is 22.4 Å². The molecule has 3 rings (SSSR count). The van der Waals surface area contributed by atoms with E-state index in [1.807, 2.05) is 0 Å². The van der Waals surface area contributed by atoms with Crippen molar-refractivity contribution in [1.29, 1.82) is 0 Å². The van der Waals surface area contributed by atoms with Crippen LogP contribution in [0.15, 0.2) is 60.7 Å². The average Bonchev–Trinajstić information content (AvgIpc) is 2.63. The molecule has 0 aliphatic heterocycles. The van der Waals surface area contributed by atoms with Gasteiger partial charge in [-0.15, -0.1) is 13.2 Å². The predicted octanol–water partition coefficient (Wildman–Crippen LogP) is 5.47. The van der Waals surface area contributed by atoms with Gasteiger partial charge in [-0.05, 0) is 55.5 Å². The van der Waals surface area contributed by atoms with E-state index < -0.39 is 24.0 Å². The number of aryl methyl sites for hydroxylation is 1. The molecule has 0 saturated heterocycles. The number of ether oxygens (including phenoxy) is 2. The van der Waals surface area contributed by atoms with Gasteiger partial charge in [-0.3, -0.25) is 4.79 Å². The first-order valence-electron chi connectivity index (χ1n) is 8.28. The second-order valence-corrected chi connectivity index (χ2v) is 5.84. The van der Waals surface area contributed by atoms with Crippen LogP contribution < -0.4 is 14.8 Å². The van der Waals surface area contributed by atoms with Crippen LogP contribution in [0, 0.1) is 12.9 Å². The van der Waals surface area contributed by atoms with Gasteiger partial charge in [0, 0.05) is 5.69 Å². The number of aromatic nitrogens is 1. The fourth-order valence-electron chi connectivity index (χ4n) is 2.45. The van der Waals surface area contributed by atoms with Gasteiger partial charge in [-0.1, -0.05) is 12.1 Å². The average molecular weight is 406 g/mol. The highest BCUT2D eigenvalue weighted by Crippen LogP contribution is 2.35. The molecule has 2 aromatic carbocycles. The van der Waals surface area contributed by atoms with Crippen molar-refractivity contribution in [3.05, 3.63) is 77.9 Å². The highest BCUT2D eigenvalue weighted by molar-refractivity contribution is 6.04. The molecule has 5 nitrogen and oxygen atoms in total. The number of amides is 1. The van der Waals surface area contributed by atoms with Gasteiger partial charge in [0.2, 0.25) is 5.95 Å². The van der Waals surface area contributed by atoms with Gasteiger partial charge in [0.15, 0.2) is 11.5 Å². The summed E-state index contributed by atoms with van der Waals surface area (Å²) in [6, 6.07) is 13.7. The number of halogens is 4. The summed E-state index contributed by atoms with van der Waals surface area (Å²) in [5.74, 6) is -1.52. The molecule has 0 aliphatic carbocycles. The van der Waals surface area contributed by atoms with Crippen molar-refractivity contribution in [2.24, 2.45) is 0 Å². The van der Waals surface area contributed by atoms with E-state index in [1.165, 1.54) is 55.5 Å². The van der Waals surface area contributed by atoms with Gasteiger partial charge in [0.1, 0.15) is 5.75 Å². The van der Waals surface area contributed by atoms with E-state index in [-0.39, 0.29) is 22.8 Å². The summed E-state index contributed by atoms with van der Waals surface area (Å²) in [4.78, 5) is 15.9. The maximum atomic E-state index is 13.1. The number of benzene rings is 2. The Morgan fingerprint density at radius 3 is 2.24 bits per heavy atom. The minimum absolute atomic E-state index is 0.116. The lowest BCUT2D eigenvalue weighted by Gasteiger charge is -2.14. The number of hydrogen-bond donors (Lipinski definition) is 1. The van der Waals surface area contributed by atoms with Crippen LogP contribution in [-0.2, 0) is 0 Å². The Morgan fingerprint density at radius 2 is 1.62 bits per heavy atom. The number of hydrogen-bond acceptors (Lipinski definition) is 4. The largest absolute Gasteiger partial charge is 0.573 e. The molecular weight excluding hydrogens is 392 g/mol. The normalized spacial score (nSPS) is 11.1. The van der Waals surface area contributed by atoms with Crippen LogP contribution in [0.5, 0.6) is 17.2 Å². The Kier molecular flexibility index (Phi) is 5.67. The summed E-state index contributed by atoms with van der Waals surface area (Å²) in [7, 11) is 0. The molecule has 0 aliphatic rings. The smallest absolute Gasteiger partial charge is 0.453 e. The Morgan fingerprint density at radius 1 is 0.966 bits per heavy atom. The lowest BCUT2D eigenvalue weighted by atomic mass is 10.2. The monoisotopic (exact) mass is 406 g/mol. The molecule has 0 spiro atoms. The maximum absolute atomic E-state index is 13.1. The third-order valence-corrected chi connectivity index (χ3v) is 3.71. The van der Waals surface area contributed by atoms with Crippen LogP contribution in [0.1, 0.15) is 16.1 Å².